The third-order valence-electron chi connectivity index (χ3n) is 1.47. The number of hydrogen-bond acceptors (Lipinski definition) is 4. The Bertz CT molecular complexity index is 321. The van der Waals surface area contributed by atoms with Crippen molar-refractivity contribution in [1.29, 1.82) is 0 Å². The lowest BCUT2D eigenvalue weighted by Gasteiger charge is -2.05. The normalized spacial score (nSPS) is 11.1. The first-order chi connectivity index (χ1) is 6.87. The Morgan fingerprint density at radius 1 is 1.47 bits per heavy atom. The molecule has 0 aliphatic heterocycles. The van der Waals surface area contributed by atoms with Crippen LogP contribution in [0.25, 0.3) is 0 Å². The highest BCUT2D eigenvalue weighted by atomic mass is 32.2. The molecule has 0 radical (unpaired) electrons. The van der Waals surface area contributed by atoms with E-state index in [0.29, 0.717) is 0 Å². The third-order valence-corrected chi connectivity index (χ3v) is 2.80. The summed E-state index contributed by atoms with van der Waals surface area (Å²) in [6.45, 7) is 7.41. The number of ether oxygens (including phenoxy) is 1. The summed E-state index contributed by atoms with van der Waals surface area (Å²) in [5, 5.41) is 0. The maximum absolute atomic E-state index is 11.3. The molecule has 0 aliphatic rings. The van der Waals surface area contributed by atoms with Gasteiger partial charge in [-0.25, -0.2) is 13.1 Å². The predicted octanol–water partition coefficient (Wildman–Crippen LogP) is 0.435. The molecule has 0 rings (SSSR count). The number of nitrogens with one attached hydrogen (secondary N) is 1. The van der Waals surface area contributed by atoms with Crippen molar-refractivity contribution < 1.29 is 17.9 Å². The minimum atomic E-state index is -3.40. The van der Waals surface area contributed by atoms with Crippen molar-refractivity contribution in [3.63, 3.8) is 0 Å². The largest absolute Gasteiger partial charge is 0.466 e. The van der Waals surface area contributed by atoms with Gasteiger partial charge in [0.1, 0.15) is 0 Å². The Morgan fingerprint density at radius 3 is 2.53 bits per heavy atom. The monoisotopic (exact) mass is 235 g/mol. The highest BCUT2D eigenvalue weighted by Crippen LogP contribution is 1.94. The Kier molecular flexibility index (Phi) is 6.19. The second kappa shape index (κ2) is 6.58. The highest BCUT2D eigenvalue weighted by molar-refractivity contribution is 7.89. The van der Waals surface area contributed by atoms with Crippen LogP contribution in [0.2, 0.25) is 0 Å². The topological polar surface area (TPSA) is 72.5 Å². The van der Waals surface area contributed by atoms with Crippen molar-refractivity contribution in [2.24, 2.45) is 0 Å². The van der Waals surface area contributed by atoms with Crippen LogP contribution in [-0.4, -0.2) is 33.3 Å². The molecule has 0 aromatic rings. The van der Waals surface area contributed by atoms with Gasteiger partial charge in [0.2, 0.25) is 10.0 Å². The molecular formula is C9H17NO4S. The zero-order valence-corrected chi connectivity index (χ0v) is 9.89. The van der Waals surface area contributed by atoms with Crippen molar-refractivity contribution in [3.8, 4) is 0 Å². The van der Waals surface area contributed by atoms with Gasteiger partial charge in [0.15, 0.2) is 0 Å². The zero-order valence-electron chi connectivity index (χ0n) is 9.08. The molecule has 5 nitrogen and oxygen atoms in total. The molecule has 0 amide bonds. The first-order valence-corrected chi connectivity index (χ1v) is 6.30. The molecule has 88 valence electrons. The first kappa shape index (κ1) is 14.1. The molecule has 0 aromatic heterocycles. The Labute approximate surface area is 90.6 Å². The summed E-state index contributed by atoms with van der Waals surface area (Å²) in [6.07, 6.45) is -0.126. The van der Waals surface area contributed by atoms with Crippen LogP contribution in [0, 0.1) is 0 Å². The Morgan fingerprint density at radius 2 is 2.07 bits per heavy atom. The Hall–Kier alpha value is -0.880. The number of hydrogen-bond donors (Lipinski definition) is 1. The number of rotatable bonds is 7. The first-order valence-electron chi connectivity index (χ1n) is 4.64. The van der Waals surface area contributed by atoms with Crippen LogP contribution in [-0.2, 0) is 19.6 Å². The molecule has 15 heavy (non-hydrogen) atoms. The second-order valence-electron chi connectivity index (χ2n) is 3.15. The van der Waals surface area contributed by atoms with Crippen LogP contribution in [0.1, 0.15) is 20.3 Å². The average Bonchev–Trinajstić information content (AvgIpc) is 2.13. The summed E-state index contributed by atoms with van der Waals surface area (Å²) in [5.74, 6) is -0.753. The minimum absolute atomic E-state index is 0.126. The van der Waals surface area contributed by atoms with Gasteiger partial charge >= 0.3 is 5.97 Å². The van der Waals surface area contributed by atoms with Crippen molar-refractivity contribution in [3.05, 3.63) is 12.2 Å². The van der Waals surface area contributed by atoms with Crippen molar-refractivity contribution in [2.75, 3.05) is 18.9 Å². The van der Waals surface area contributed by atoms with Crippen LogP contribution in [0.3, 0.4) is 0 Å². The van der Waals surface area contributed by atoms with Crippen LogP contribution < -0.4 is 4.72 Å². The molecule has 0 unspecified atom stereocenters. The number of esters is 1. The number of carbonyl (C=O) groups is 1. The summed E-state index contributed by atoms with van der Waals surface area (Å²) in [5.41, 5.74) is 0.717. The minimum Gasteiger partial charge on any atom is -0.466 e. The lowest BCUT2D eigenvalue weighted by molar-refractivity contribution is -0.142. The Balaban J connectivity index is 3.94. The highest BCUT2D eigenvalue weighted by Gasteiger charge is 2.12. The summed E-state index contributed by atoms with van der Waals surface area (Å²) >= 11 is 0. The average molecular weight is 235 g/mol. The van der Waals surface area contributed by atoms with Gasteiger partial charge in [-0.05, 0) is 13.8 Å². The van der Waals surface area contributed by atoms with Crippen molar-refractivity contribution in [2.45, 2.75) is 20.3 Å². The second-order valence-corrected chi connectivity index (χ2v) is 5.08. The summed E-state index contributed by atoms with van der Waals surface area (Å²) in [4.78, 5) is 10.9. The van der Waals surface area contributed by atoms with E-state index in [0.717, 1.165) is 5.57 Å². The van der Waals surface area contributed by atoms with Gasteiger partial charge in [-0.3, -0.25) is 4.79 Å². The standard InChI is InChI=1S/C9H17NO4S/c1-4-14-9(11)5-6-15(12,13)10-7-8(2)3/h10H,2,4-7H2,1,3H3. The van der Waals surface area contributed by atoms with Crippen LogP contribution in [0.5, 0.6) is 0 Å². The maximum atomic E-state index is 11.3. The molecular weight excluding hydrogens is 218 g/mol. The van der Waals surface area contributed by atoms with E-state index >= 15 is 0 Å². The molecule has 0 aromatic carbocycles. The van der Waals surface area contributed by atoms with E-state index in [4.69, 9.17) is 0 Å². The number of sulfonamides is 1. The fourth-order valence-corrected chi connectivity index (χ4v) is 1.80. The van der Waals surface area contributed by atoms with E-state index in [-0.39, 0.29) is 25.3 Å². The molecule has 0 aliphatic carbocycles. The van der Waals surface area contributed by atoms with Gasteiger partial charge in [0.25, 0.3) is 0 Å². The van der Waals surface area contributed by atoms with E-state index < -0.39 is 16.0 Å². The van der Waals surface area contributed by atoms with Crippen LogP contribution in [0.15, 0.2) is 12.2 Å². The molecule has 0 bridgehead atoms. The smallest absolute Gasteiger partial charge is 0.306 e. The van der Waals surface area contributed by atoms with Gasteiger partial charge in [0, 0.05) is 6.54 Å². The molecule has 0 heterocycles. The van der Waals surface area contributed by atoms with E-state index in [1.165, 1.54) is 0 Å². The quantitative estimate of drug-likeness (QED) is 0.513. The lowest BCUT2D eigenvalue weighted by atomic mass is 10.4. The molecule has 0 saturated heterocycles. The van der Waals surface area contributed by atoms with Gasteiger partial charge in [0.05, 0.1) is 18.8 Å². The SMILES string of the molecule is C=C(C)CNS(=O)(=O)CCC(=O)OCC. The zero-order chi connectivity index (χ0) is 11.9. The maximum Gasteiger partial charge on any atom is 0.306 e. The van der Waals surface area contributed by atoms with E-state index in [9.17, 15) is 13.2 Å². The van der Waals surface area contributed by atoms with E-state index in [1.807, 2.05) is 0 Å². The molecule has 6 heteroatoms. The van der Waals surface area contributed by atoms with Gasteiger partial charge in [-0.1, -0.05) is 12.2 Å². The fourth-order valence-electron chi connectivity index (χ4n) is 0.756. The predicted molar refractivity (Wildman–Crippen MR) is 57.9 cm³/mol. The van der Waals surface area contributed by atoms with Crippen molar-refractivity contribution in [1.82, 2.24) is 4.72 Å². The number of carbonyl (C=O) groups excluding carboxylic acids is 1. The summed E-state index contributed by atoms with van der Waals surface area (Å²) in [6, 6.07) is 0. The molecule has 0 fully saturated rings. The van der Waals surface area contributed by atoms with Crippen LogP contribution in [0.4, 0.5) is 0 Å². The molecule has 0 atom stereocenters. The molecule has 0 spiro atoms. The summed E-state index contributed by atoms with van der Waals surface area (Å²) < 4.78 is 29.5. The molecule has 0 saturated carbocycles. The van der Waals surface area contributed by atoms with Gasteiger partial charge < -0.3 is 4.74 Å². The third kappa shape index (κ3) is 8.14. The lowest BCUT2D eigenvalue weighted by Crippen LogP contribution is -2.29. The van der Waals surface area contributed by atoms with Gasteiger partial charge in [-0.15, -0.1) is 0 Å². The molecule has 1 N–H and O–H groups in total. The fraction of sp³-hybridized carbons (Fsp3) is 0.667. The van der Waals surface area contributed by atoms with E-state index in [1.54, 1.807) is 13.8 Å². The van der Waals surface area contributed by atoms with Gasteiger partial charge in [-0.2, -0.15) is 0 Å². The summed E-state index contributed by atoms with van der Waals surface area (Å²) in [7, 11) is -3.40. The van der Waals surface area contributed by atoms with Crippen LogP contribution >= 0.6 is 0 Å². The van der Waals surface area contributed by atoms with Crippen molar-refractivity contribution >= 4 is 16.0 Å². The van der Waals surface area contributed by atoms with E-state index in [2.05, 4.69) is 16.0 Å².